The zero-order valence-corrected chi connectivity index (χ0v) is 11.4. The monoisotopic (exact) mass is 291 g/mol. The second kappa shape index (κ2) is 6.09. The van der Waals surface area contributed by atoms with Gasteiger partial charge in [-0.1, -0.05) is 42.5 Å². The second-order valence-corrected chi connectivity index (χ2v) is 5.52. The SMILES string of the molecule is OC1CCCCCC1Nc1cc(Cl)c(F)c(Cl)c1. The van der Waals surface area contributed by atoms with Crippen molar-refractivity contribution in [3.63, 3.8) is 0 Å². The van der Waals surface area contributed by atoms with Crippen molar-refractivity contribution in [2.24, 2.45) is 0 Å². The normalized spacial score (nSPS) is 24.7. The quantitative estimate of drug-likeness (QED) is 0.631. The molecule has 1 aliphatic carbocycles. The first kappa shape index (κ1) is 13.9. The summed E-state index contributed by atoms with van der Waals surface area (Å²) in [6.07, 6.45) is 4.57. The lowest BCUT2D eigenvalue weighted by Crippen LogP contribution is -2.32. The zero-order valence-electron chi connectivity index (χ0n) is 9.93. The van der Waals surface area contributed by atoms with E-state index in [-0.39, 0.29) is 22.2 Å². The maximum absolute atomic E-state index is 13.3. The van der Waals surface area contributed by atoms with Crippen LogP contribution in [0, 0.1) is 5.82 Å². The molecule has 2 unspecified atom stereocenters. The third kappa shape index (κ3) is 3.28. The van der Waals surface area contributed by atoms with Crippen LogP contribution in [0.3, 0.4) is 0 Å². The third-order valence-electron chi connectivity index (χ3n) is 3.32. The predicted octanol–water partition coefficient (Wildman–Crippen LogP) is 4.24. The molecule has 1 aromatic rings. The van der Waals surface area contributed by atoms with E-state index in [0.717, 1.165) is 32.1 Å². The van der Waals surface area contributed by atoms with Gasteiger partial charge in [0.2, 0.25) is 0 Å². The van der Waals surface area contributed by atoms with Gasteiger partial charge >= 0.3 is 0 Å². The Balaban J connectivity index is 2.12. The highest BCUT2D eigenvalue weighted by Gasteiger charge is 2.21. The topological polar surface area (TPSA) is 32.3 Å². The van der Waals surface area contributed by atoms with Gasteiger partial charge in [0.15, 0.2) is 5.82 Å². The maximum Gasteiger partial charge on any atom is 0.160 e. The second-order valence-electron chi connectivity index (χ2n) is 4.71. The molecule has 0 amide bonds. The summed E-state index contributed by atoms with van der Waals surface area (Å²) in [6.45, 7) is 0. The molecule has 5 heteroatoms. The fraction of sp³-hybridized carbons (Fsp3) is 0.538. The van der Waals surface area contributed by atoms with Gasteiger partial charge in [-0.2, -0.15) is 0 Å². The van der Waals surface area contributed by atoms with Gasteiger partial charge in [-0.15, -0.1) is 0 Å². The molecule has 0 radical (unpaired) electrons. The van der Waals surface area contributed by atoms with Crippen LogP contribution < -0.4 is 5.32 Å². The van der Waals surface area contributed by atoms with Gasteiger partial charge in [0.1, 0.15) is 0 Å². The Labute approximate surface area is 116 Å². The highest BCUT2D eigenvalue weighted by molar-refractivity contribution is 6.35. The van der Waals surface area contributed by atoms with Gasteiger partial charge in [-0.05, 0) is 25.0 Å². The molecule has 2 rings (SSSR count). The molecular formula is C13H16Cl2FNO. The minimum Gasteiger partial charge on any atom is -0.391 e. The van der Waals surface area contributed by atoms with E-state index in [1.54, 1.807) is 0 Å². The van der Waals surface area contributed by atoms with Crippen molar-refractivity contribution < 1.29 is 9.50 Å². The van der Waals surface area contributed by atoms with Gasteiger partial charge in [0.05, 0.1) is 22.2 Å². The Morgan fingerprint density at radius 3 is 2.39 bits per heavy atom. The lowest BCUT2D eigenvalue weighted by Gasteiger charge is -2.23. The van der Waals surface area contributed by atoms with Crippen LogP contribution in [0.4, 0.5) is 10.1 Å². The summed E-state index contributed by atoms with van der Waals surface area (Å²) in [7, 11) is 0. The van der Waals surface area contributed by atoms with Crippen LogP contribution in [0.15, 0.2) is 12.1 Å². The molecule has 0 bridgehead atoms. The van der Waals surface area contributed by atoms with Crippen LogP contribution in [0.25, 0.3) is 0 Å². The Morgan fingerprint density at radius 1 is 1.11 bits per heavy atom. The smallest absolute Gasteiger partial charge is 0.160 e. The van der Waals surface area contributed by atoms with Crippen LogP contribution in [-0.2, 0) is 0 Å². The van der Waals surface area contributed by atoms with Crippen LogP contribution in [-0.4, -0.2) is 17.3 Å². The molecule has 0 heterocycles. The van der Waals surface area contributed by atoms with Crippen LogP contribution >= 0.6 is 23.2 Å². The van der Waals surface area contributed by atoms with Crippen LogP contribution in [0.2, 0.25) is 10.0 Å². The van der Waals surface area contributed by atoms with Crippen LogP contribution in [0.1, 0.15) is 32.1 Å². The molecule has 1 aliphatic rings. The van der Waals surface area contributed by atoms with Crippen molar-refractivity contribution in [3.05, 3.63) is 28.0 Å². The molecule has 1 saturated carbocycles. The molecule has 2 atom stereocenters. The average Bonchev–Trinajstić information content (AvgIpc) is 2.52. The van der Waals surface area contributed by atoms with Gasteiger partial charge in [0.25, 0.3) is 0 Å². The van der Waals surface area contributed by atoms with E-state index in [0.29, 0.717) is 5.69 Å². The highest BCUT2D eigenvalue weighted by Crippen LogP contribution is 2.29. The number of anilines is 1. The van der Waals surface area contributed by atoms with Crippen molar-refractivity contribution in [3.8, 4) is 0 Å². The van der Waals surface area contributed by atoms with E-state index in [9.17, 15) is 9.50 Å². The number of aliphatic hydroxyl groups excluding tert-OH is 1. The summed E-state index contributed by atoms with van der Waals surface area (Å²) in [6, 6.07) is 2.98. The number of hydrogen-bond acceptors (Lipinski definition) is 2. The number of aliphatic hydroxyl groups is 1. The molecule has 0 saturated heterocycles. The minimum absolute atomic E-state index is 0.00638. The maximum atomic E-state index is 13.3. The van der Waals surface area contributed by atoms with Gasteiger partial charge < -0.3 is 10.4 Å². The number of halogens is 3. The molecular weight excluding hydrogens is 276 g/mol. The van der Waals surface area contributed by atoms with Gasteiger partial charge in [0, 0.05) is 5.69 Å². The van der Waals surface area contributed by atoms with Gasteiger partial charge in [-0.25, -0.2) is 4.39 Å². The van der Waals surface area contributed by atoms with Gasteiger partial charge in [-0.3, -0.25) is 0 Å². The summed E-state index contributed by atoms with van der Waals surface area (Å²) in [5.74, 6) is -0.606. The fourth-order valence-corrected chi connectivity index (χ4v) is 2.80. The molecule has 18 heavy (non-hydrogen) atoms. The summed E-state index contributed by atoms with van der Waals surface area (Å²) >= 11 is 11.5. The molecule has 1 fully saturated rings. The minimum atomic E-state index is -0.606. The zero-order chi connectivity index (χ0) is 13.1. The van der Waals surface area contributed by atoms with Crippen molar-refractivity contribution in [2.45, 2.75) is 44.2 Å². The Bertz CT molecular complexity index is 404. The average molecular weight is 292 g/mol. The molecule has 2 nitrogen and oxygen atoms in total. The Hall–Kier alpha value is -0.510. The molecule has 0 spiro atoms. The van der Waals surface area contributed by atoms with Crippen molar-refractivity contribution in [1.82, 2.24) is 0 Å². The van der Waals surface area contributed by atoms with Crippen LogP contribution in [0.5, 0.6) is 0 Å². The number of benzene rings is 1. The Kier molecular flexibility index (Phi) is 4.71. The predicted molar refractivity (Wildman–Crippen MR) is 72.9 cm³/mol. The Morgan fingerprint density at radius 2 is 1.72 bits per heavy atom. The number of hydrogen-bond donors (Lipinski definition) is 2. The first-order valence-corrected chi connectivity index (χ1v) is 6.92. The lowest BCUT2D eigenvalue weighted by atomic mass is 10.1. The molecule has 100 valence electrons. The number of nitrogens with one attached hydrogen (secondary N) is 1. The molecule has 0 aliphatic heterocycles. The van der Waals surface area contributed by atoms with E-state index >= 15 is 0 Å². The highest BCUT2D eigenvalue weighted by atomic mass is 35.5. The largest absolute Gasteiger partial charge is 0.391 e. The summed E-state index contributed by atoms with van der Waals surface area (Å²) in [5, 5.41) is 13.2. The van der Waals surface area contributed by atoms with Crippen molar-refractivity contribution >= 4 is 28.9 Å². The standard InChI is InChI=1S/C13H16Cl2FNO/c14-9-6-8(7-10(15)13(9)16)17-11-4-2-1-3-5-12(11)18/h6-7,11-12,17-18H,1-5H2. The fourth-order valence-electron chi connectivity index (χ4n) is 2.31. The van der Waals surface area contributed by atoms with Crippen molar-refractivity contribution in [1.29, 1.82) is 0 Å². The first-order chi connectivity index (χ1) is 8.58. The van der Waals surface area contributed by atoms with E-state index in [2.05, 4.69) is 5.32 Å². The molecule has 1 aromatic carbocycles. The first-order valence-electron chi connectivity index (χ1n) is 6.17. The molecule has 2 N–H and O–H groups in total. The third-order valence-corrected chi connectivity index (χ3v) is 3.87. The summed E-state index contributed by atoms with van der Waals surface area (Å²) in [5.41, 5.74) is 0.650. The summed E-state index contributed by atoms with van der Waals surface area (Å²) in [4.78, 5) is 0. The van der Waals surface area contributed by atoms with E-state index < -0.39 is 5.82 Å². The molecule has 0 aromatic heterocycles. The number of rotatable bonds is 2. The van der Waals surface area contributed by atoms with E-state index in [1.807, 2.05) is 0 Å². The summed E-state index contributed by atoms with van der Waals surface area (Å²) < 4.78 is 13.3. The van der Waals surface area contributed by atoms with Crippen molar-refractivity contribution in [2.75, 3.05) is 5.32 Å². The van der Waals surface area contributed by atoms with E-state index in [1.165, 1.54) is 12.1 Å². The lowest BCUT2D eigenvalue weighted by molar-refractivity contribution is 0.144. The van der Waals surface area contributed by atoms with E-state index in [4.69, 9.17) is 23.2 Å².